The average molecular weight is 212 g/mol. The van der Waals surface area contributed by atoms with E-state index in [1.807, 2.05) is 0 Å². The molecule has 1 saturated heterocycles. The molecule has 2 aliphatic rings. The first-order valence-electron chi connectivity index (χ1n) is 6.28. The zero-order valence-electron chi connectivity index (χ0n) is 9.80. The van der Waals surface area contributed by atoms with E-state index in [9.17, 15) is 0 Å². The molecule has 1 atom stereocenters. The van der Waals surface area contributed by atoms with E-state index < -0.39 is 0 Å². The summed E-state index contributed by atoms with van der Waals surface area (Å²) in [5.74, 6) is 0.828. The van der Waals surface area contributed by atoms with Crippen molar-refractivity contribution in [2.45, 2.75) is 50.6 Å². The van der Waals surface area contributed by atoms with E-state index in [4.69, 9.17) is 10.5 Å². The second-order valence-electron chi connectivity index (χ2n) is 5.39. The molecule has 1 aliphatic heterocycles. The summed E-state index contributed by atoms with van der Waals surface area (Å²) in [6.45, 7) is 5.17. The summed E-state index contributed by atoms with van der Waals surface area (Å²) in [6.07, 6.45) is 6.09. The van der Waals surface area contributed by atoms with Gasteiger partial charge in [0.1, 0.15) is 0 Å². The third-order valence-corrected chi connectivity index (χ3v) is 3.85. The minimum atomic E-state index is 0.293. The molecule has 0 bridgehead atoms. The van der Waals surface area contributed by atoms with E-state index in [0.29, 0.717) is 11.6 Å². The number of rotatable bonds is 5. The predicted octanol–water partition coefficient (Wildman–Crippen LogP) is 1.27. The van der Waals surface area contributed by atoms with Crippen LogP contribution in [0.25, 0.3) is 0 Å². The molecule has 0 aromatic rings. The topological polar surface area (TPSA) is 47.3 Å². The van der Waals surface area contributed by atoms with E-state index >= 15 is 0 Å². The van der Waals surface area contributed by atoms with Crippen LogP contribution in [0.1, 0.15) is 39.0 Å². The predicted molar refractivity (Wildman–Crippen MR) is 61.8 cm³/mol. The Labute approximate surface area is 92.7 Å². The molecule has 0 radical (unpaired) electrons. The molecule has 1 unspecified atom stereocenters. The van der Waals surface area contributed by atoms with Gasteiger partial charge in [-0.1, -0.05) is 0 Å². The minimum absolute atomic E-state index is 0.293. The Bertz CT molecular complexity index is 198. The van der Waals surface area contributed by atoms with Gasteiger partial charge in [0, 0.05) is 24.8 Å². The van der Waals surface area contributed by atoms with Crippen molar-refractivity contribution in [1.29, 1.82) is 0 Å². The highest BCUT2D eigenvalue weighted by Crippen LogP contribution is 2.32. The molecule has 3 N–H and O–H groups in total. The largest absolute Gasteiger partial charge is 0.381 e. The maximum Gasteiger partial charge on any atom is 0.0483 e. The first-order valence-corrected chi connectivity index (χ1v) is 6.28. The molecule has 2 rings (SSSR count). The fourth-order valence-electron chi connectivity index (χ4n) is 2.30. The van der Waals surface area contributed by atoms with Crippen LogP contribution in [0.15, 0.2) is 0 Å². The van der Waals surface area contributed by atoms with Crippen LogP contribution in [-0.4, -0.2) is 31.3 Å². The normalized spacial score (nSPS) is 27.6. The lowest BCUT2D eigenvalue weighted by Gasteiger charge is -2.35. The molecule has 1 aliphatic carbocycles. The maximum absolute atomic E-state index is 6.07. The number of nitrogens with two attached hydrogens (primary N) is 1. The molecule has 15 heavy (non-hydrogen) atoms. The standard InChI is InChI=1S/C12H24N2O/c1-12(5-8-15-9-6-12)14-7-4-11(13)10-2-3-10/h10-11,14H,2-9,13H2,1H3. The molecule has 3 heteroatoms. The van der Waals surface area contributed by atoms with Crippen LogP contribution in [0, 0.1) is 5.92 Å². The van der Waals surface area contributed by atoms with E-state index in [1.165, 1.54) is 12.8 Å². The van der Waals surface area contributed by atoms with Crippen molar-refractivity contribution in [2.75, 3.05) is 19.8 Å². The molecule has 1 saturated carbocycles. The third kappa shape index (κ3) is 3.44. The van der Waals surface area contributed by atoms with Crippen molar-refractivity contribution in [3.63, 3.8) is 0 Å². The zero-order valence-corrected chi connectivity index (χ0v) is 9.80. The Hall–Kier alpha value is -0.120. The van der Waals surface area contributed by atoms with Gasteiger partial charge in [0.2, 0.25) is 0 Å². The number of hydrogen-bond acceptors (Lipinski definition) is 3. The average Bonchev–Trinajstić information content (AvgIpc) is 3.01. The molecule has 88 valence electrons. The molecule has 0 amide bonds. The van der Waals surface area contributed by atoms with E-state index in [0.717, 1.165) is 44.9 Å². The first-order chi connectivity index (χ1) is 7.20. The maximum atomic E-state index is 6.07. The highest BCUT2D eigenvalue weighted by molar-refractivity contribution is 4.88. The summed E-state index contributed by atoms with van der Waals surface area (Å²) >= 11 is 0. The Morgan fingerprint density at radius 2 is 2.07 bits per heavy atom. The molecule has 0 spiro atoms. The van der Waals surface area contributed by atoms with Crippen molar-refractivity contribution in [2.24, 2.45) is 11.7 Å². The Morgan fingerprint density at radius 3 is 2.67 bits per heavy atom. The van der Waals surface area contributed by atoms with Crippen molar-refractivity contribution in [3.8, 4) is 0 Å². The molecule has 1 heterocycles. The highest BCUT2D eigenvalue weighted by atomic mass is 16.5. The highest BCUT2D eigenvalue weighted by Gasteiger charge is 2.30. The van der Waals surface area contributed by atoms with Crippen molar-refractivity contribution < 1.29 is 4.74 Å². The zero-order chi connectivity index (χ0) is 10.7. The number of hydrogen-bond donors (Lipinski definition) is 2. The third-order valence-electron chi connectivity index (χ3n) is 3.85. The minimum Gasteiger partial charge on any atom is -0.381 e. The summed E-state index contributed by atoms with van der Waals surface area (Å²) < 4.78 is 5.38. The number of ether oxygens (including phenoxy) is 1. The SMILES string of the molecule is CC1(NCCC(N)C2CC2)CCOCC1. The van der Waals surface area contributed by atoms with Gasteiger partial charge in [-0.15, -0.1) is 0 Å². The number of nitrogens with one attached hydrogen (secondary N) is 1. The van der Waals surface area contributed by atoms with E-state index in [1.54, 1.807) is 0 Å². The van der Waals surface area contributed by atoms with Crippen LogP contribution in [0.2, 0.25) is 0 Å². The first kappa shape index (κ1) is 11.4. The van der Waals surface area contributed by atoms with Crippen LogP contribution in [-0.2, 0) is 4.74 Å². The summed E-state index contributed by atoms with van der Waals surface area (Å²) in [5, 5.41) is 3.65. The molecule has 0 aromatic heterocycles. The second-order valence-corrected chi connectivity index (χ2v) is 5.39. The molecular formula is C12H24N2O. The monoisotopic (exact) mass is 212 g/mol. The van der Waals surface area contributed by atoms with Gasteiger partial charge in [0.05, 0.1) is 0 Å². The van der Waals surface area contributed by atoms with Crippen LogP contribution in [0.4, 0.5) is 0 Å². The van der Waals surface area contributed by atoms with Crippen LogP contribution in [0.3, 0.4) is 0 Å². The Kier molecular flexibility index (Phi) is 3.65. The molecule has 0 aromatic carbocycles. The smallest absolute Gasteiger partial charge is 0.0483 e. The second kappa shape index (κ2) is 4.81. The molecular weight excluding hydrogens is 188 g/mol. The van der Waals surface area contributed by atoms with E-state index in [-0.39, 0.29) is 0 Å². The Balaban J connectivity index is 1.63. The lowest BCUT2D eigenvalue weighted by molar-refractivity contribution is 0.0451. The van der Waals surface area contributed by atoms with Gasteiger partial charge in [-0.25, -0.2) is 0 Å². The van der Waals surface area contributed by atoms with Crippen molar-refractivity contribution >= 4 is 0 Å². The lowest BCUT2D eigenvalue weighted by Crippen LogP contribution is -2.48. The summed E-state index contributed by atoms with van der Waals surface area (Å²) in [6, 6.07) is 0.431. The van der Waals surface area contributed by atoms with Gasteiger partial charge in [0.25, 0.3) is 0 Å². The molecule has 2 fully saturated rings. The van der Waals surface area contributed by atoms with Crippen LogP contribution < -0.4 is 11.1 Å². The fourth-order valence-corrected chi connectivity index (χ4v) is 2.30. The fraction of sp³-hybridized carbons (Fsp3) is 1.00. The summed E-state index contributed by atoms with van der Waals surface area (Å²) in [7, 11) is 0. The Morgan fingerprint density at radius 1 is 1.40 bits per heavy atom. The molecule has 3 nitrogen and oxygen atoms in total. The van der Waals surface area contributed by atoms with E-state index in [2.05, 4.69) is 12.2 Å². The summed E-state index contributed by atoms with van der Waals surface area (Å²) in [5.41, 5.74) is 6.37. The van der Waals surface area contributed by atoms with Crippen molar-refractivity contribution in [3.05, 3.63) is 0 Å². The van der Waals surface area contributed by atoms with Crippen molar-refractivity contribution in [1.82, 2.24) is 5.32 Å². The van der Waals surface area contributed by atoms with Crippen LogP contribution in [0.5, 0.6) is 0 Å². The van der Waals surface area contributed by atoms with Crippen LogP contribution >= 0.6 is 0 Å². The summed E-state index contributed by atoms with van der Waals surface area (Å²) in [4.78, 5) is 0. The van der Waals surface area contributed by atoms with Gasteiger partial charge < -0.3 is 15.8 Å². The van der Waals surface area contributed by atoms with Gasteiger partial charge in [-0.3, -0.25) is 0 Å². The van der Waals surface area contributed by atoms with Gasteiger partial charge in [-0.2, -0.15) is 0 Å². The quantitative estimate of drug-likeness (QED) is 0.721. The lowest BCUT2D eigenvalue weighted by atomic mass is 9.92. The van der Waals surface area contributed by atoms with Gasteiger partial charge >= 0.3 is 0 Å². The van der Waals surface area contributed by atoms with Gasteiger partial charge in [-0.05, 0) is 51.5 Å². The van der Waals surface area contributed by atoms with Gasteiger partial charge in [0.15, 0.2) is 0 Å².